The van der Waals surface area contributed by atoms with Crippen LogP contribution in [0.5, 0.6) is 5.75 Å². The first-order chi connectivity index (χ1) is 15.5. The van der Waals surface area contributed by atoms with E-state index in [-0.39, 0.29) is 11.8 Å². The van der Waals surface area contributed by atoms with Gasteiger partial charge >= 0.3 is 0 Å². The second kappa shape index (κ2) is 9.98. The number of unbranched alkanes of at least 4 members (excludes halogenated alkanes) is 1. The zero-order valence-corrected chi connectivity index (χ0v) is 19.1. The van der Waals surface area contributed by atoms with E-state index in [9.17, 15) is 4.79 Å². The number of carbonyl (C=O) groups excluding carboxylic acids is 1. The summed E-state index contributed by atoms with van der Waals surface area (Å²) in [6, 6.07) is 16.2. The van der Waals surface area contributed by atoms with E-state index in [1.54, 1.807) is 0 Å². The molecule has 4 rings (SSSR count). The highest BCUT2D eigenvalue weighted by Gasteiger charge is 2.34. The average Bonchev–Trinajstić information content (AvgIpc) is 3.42. The molecule has 2 aromatic carbocycles. The minimum absolute atomic E-state index is 0.0738. The van der Waals surface area contributed by atoms with Gasteiger partial charge in [0.25, 0.3) is 0 Å². The van der Waals surface area contributed by atoms with Crippen LogP contribution >= 0.6 is 0 Å². The van der Waals surface area contributed by atoms with Gasteiger partial charge in [-0.2, -0.15) is 4.98 Å². The fourth-order valence-electron chi connectivity index (χ4n) is 3.87. The summed E-state index contributed by atoms with van der Waals surface area (Å²) < 4.78 is 11.2. The van der Waals surface area contributed by atoms with Crippen LogP contribution in [0.4, 0.5) is 0 Å². The molecule has 0 saturated carbocycles. The van der Waals surface area contributed by atoms with E-state index in [1.807, 2.05) is 29.2 Å². The Morgan fingerprint density at radius 2 is 1.88 bits per heavy atom. The number of benzene rings is 2. The minimum Gasteiger partial charge on any atom is -0.494 e. The normalized spacial score (nSPS) is 16.2. The quantitative estimate of drug-likeness (QED) is 0.414. The van der Waals surface area contributed by atoms with E-state index in [2.05, 4.69) is 55.2 Å². The minimum atomic E-state index is -0.0738. The summed E-state index contributed by atoms with van der Waals surface area (Å²) in [4.78, 5) is 19.0. The van der Waals surface area contributed by atoms with E-state index < -0.39 is 0 Å². The maximum absolute atomic E-state index is 12.6. The lowest BCUT2D eigenvalue weighted by molar-refractivity contribution is -0.128. The molecule has 32 heavy (non-hydrogen) atoms. The lowest BCUT2D eigenvalue weighted by atomic mass is 10.0. The van der Waals surface area contributed by atoms with Gasteiger partial charge in [-0.1, -0.05) is 56.6 Å². The van der Waals surface area contributed by atoms with Gasteiger partial charge in [-0.05, 0) is 47.7 Å². The number of carbonyl (C=O) groups is 1. The summed E-state index contributed by atoms with van der Waals surface area (Å²) in [5.74, 6) is 2.44. The molecule has 1 unspecified atom stereocenters. The lowest BCUT2D eigenvalue weighted by Gasteiger charge is -2.16. The van der Waals surface area contributed by atoms with Crippen LogP contribution in [0.25, 0.3) is 11.4 Å². The Balaban J connectivity index is 1.37. The van der Waals surface area contributed by atoms with Crippen LogP contribution in [-0.4, -0.2) is 34.1 Å². The summed E-state index contributed by atoms with van der Waals surface area (Å²) in [5, 5.41) is 4.14. The Bertz CT molecular complexity index is 1030. The third-order valence-corrected chi connectivity index (χ3v) is 5.90. The third kappa shape index (κ3) is 5.18. The molecule has 1 aliphatic rings. The number of amides is 1. The number of aromatic nitrogens is 2. The summed E-state index contributed by atoms with van der Waals surface area (Å²) in [6.45, 7) is 8.42. The van der Waals surface area contributed by atoms with Gasteiger partial charge in [0.2, 0.25) is 17.6 Å². The standard InChI is InChI=1S/C26H31N3O3/c1-4-5-14-31-23-12-10-21(11-13-23)25-27-26(32-28-25)22-15-24(30)29(17-22)16-19-6-8-20(9-7-19)18(2)3/h6-13,18,22H,4-5,14-17H2,1-3H3. The predicted molar refractivity (Wildman–Crippen MR) is 123 cm³/mol. The lowest BCUT2D eigenvalue weighted by Crippen LogP contribution is -2.24. The van der Waals surface area contributed by atoms with Crippen molar-refractivity contribution in [3.8, 4) is 17.1 Å². The van der Waals surface area contributed by atoms with Crippen molar-refractivity contribution >= 4 is 5.91 Å². The molecule has 0 radical (unpaired) electrons. The van der Waals surface area contributed by atoms with Crippen molar-refractivity contribution in [2.24, 2.45) is 0 Å². The average molecular weight is 434 g/mol. The first-order valence-corrected chi connectivity index (χ1v) is 11.5. The summed E-state index contributed by atoms with van der Waals surface area (Å²) >= 11 is 0. The molecule has 1 atom stereocenters. The predicted octanol–water partition coefficient (Wildman–Crippen LogP) is 5.56. The molecule has 0 N–H and O–H groups in total. The molecule has 1 saturated heterocycles. The molecule has 168 valence electrons. The monoisotopic (exact) mass is 433 g/mol. The van der Waals surface area contributed by atoms with Crippen molar-refractivity contribution in [3.63, 3.8) is 0 Å². The van der Waals surface area contributed by atoms with E-state index in [1.165, 1.54) is 5.56 Å². The Hall–Kier alpha value is -3.15. The summed E-state index contributed by atoms with van der Waals surface area (Å²) in [7, 11) is 0. The van der Waals surface area contributed by atoms with Crippen molar-refractivity contribution in [1.82, 2.24) is 15.0 Å². The fourth-order valence-corrected chi connectivity index (χ4v) is 3.87. The Labute approximate surface area is 189 Å². The topological polar surface area (TPSA) is 68.5 Å². The number of hydrogen-bond acceptors (Lipinski definition) is 5. The largest absolute Gasteiger partial charge is 0.494 e. The van der Waals surface area contributed by atoms with Crippen LogP contribution in [-0.2, 0) is 11.3 Å². The molecule has 0 aliphatic carbocycles. The SMILES string of the molecule is CCCCOc1ccc(-c2noc(C3CC(=O)N(Cc4ccc(C(C)C)cc4)C3)n2)cc1. The molecule has 1 fully saturated rings. The second-order valence-corrected chi connectivity index (χ2v) is 8.75. The van der Waals surface area contributed by atoms with Gasteiger partial charge in [0, 0.05) is 25.1 Å². The number of ether oxygens (including phenoxy) is 1. The van der Waals surface area contributed by atoms with Crippen LogP contribution in [0.1, 0.15) is 68.9 Å². The Morgan fingerprint density at radius 3 is 2.56 bits per heavy atom. The van der Waals surface area contributed by atoms with Crippen LogP contribution in [0, 0.1) is 0 Å². The molecule has 1 aliphatic heterocycles. The smallest absolute Gasteiger partial charge is 0.232 e. The molecule has 0 bridgehead atoms. The van der Waals surface area contributed by atoms with Gasteiger partial charge in [-0.15, -0.1) is 0 Å². The number of hydrogen-bond donors (Lipinski definition) is 0. The van der Waals surface area contributed by atoms with Crippen molar-refractivity contribution in [2.45, 2.75) is 58.4 Å². The van der Waals surface area contributed by atoms with Crippen LogP contribution in [0.15, 0.2) is 53.1 Å². The maximum atomic E-state index is 12.6. The van der Waals surface area contributed by atoms with Crippen LogP contribution in [0.2, 0.25) is 0 Å². The third-order valence-electron chi connectivity index (χ3n) is 5.90. The van der Waals surface area contributed by atoms with E-state index in [4.69, 9.17) is 9.26 Å². The fraction of sp³-hybridized carbons (Fsp3) is 0.423. The molecule has 3 aromatic rings. The number of nitrogens with zero attached hydrogens (tertiary/aromatic N) is 3. The summed E-state index contributed by atoms with van der Waals surface area (Å²) in [5.41, 5.74) is 3.31. The molecule has 2 heterocycles. The van der Waals surface area contributed by atoms with Gasteiger partial charge in [-0.3, -0.25) is 4.79 Å². The maximum Gasteiger partial charge on any atom is 0.232 e. The first-order valence-electron chi connectivity index (χ1n) is 11.5. The summed E-state index contributed by atoms with van der Waals surface area (Å²) in [6.07, 6.45) is 2.54. The number of likely N-dealkylation sites (tertiary alicyclic amines) is 1. The molecule has 6 heteroatoms. The Morgan fingerprint density at radius 1 is 1.12 bits per heavy atom. The zero-order chi connectivity index (χ0) is 22.5. The zero-order valence-electron chi connectivity index (χ0n) is 19.1. The first kappa shape index (κ1) is 22.1. The highest BCUT2D eigenvalue weighted by atomic mass is 16.5. The van der Waals surface area contributed by atoms with Gasteiger partial charge in [-0.25, -0.2) is 0 Å². The highest BCUT2D eigenvalue weighted by Crippen LogP contribution is 2.30. The van der Waals surface area contributed by atoms with E-state index in [0.717, 1.165) is 36.3 Å². The van der Waals surface area contributed by atoms with Crippen LogP contribution < -0.4 is 4.74 Å². The van der Waals surface area contributed by atoms with Gasteiger partial charge in [0.1, 0.15) is 5.75 Å². The molecule has 1 aromatic heterocycles. The van der Waals surface area contributed by atoms with Gasteiger partial charge in [0.05, 0.1) is 12.5 Å². The highest BCUT2D eigenvalue weighted by molar-refractivity contribution is 5.79. The van der Waals surface area contributed by atoms with Gasteiger partial charge in [0.15, 0.2) is 0 Å². The van der Waals surface area contributed by atoms with E-state index >= 15 is 0 Å². The number of rotatable bonds is 9. The van der Waals surface area contributed by atoms with Crippen molar-refractivity contribution in [2.75, 3.05) is 13.2 Å². The van der Waals surface area contributed by atoms with Gasteiger partial charge < -0.3 is 14.2 Å². The second-order valence-electron chi connectivity index (χ2n) is 8.75. The molecular weight excluding hydrogens is 402 g/mol. The van der Waals surface area contributed by atoms with Crippen molar-refractivity contribution in [1.29, 1.82) is 0 Å². The van der Waals surface area contributed by atoms with Crippen molar-refractivity contribution in [3.05, 3.63) is 65.5 Å². The Kier molecular flexibility index (Phi) is 6.88. The molecular formula is C26H31N3O3. The molecule has 0 spiro atoms. The molecule has 6 nitrogen and oxygen atoms in total. The van der Waals surface area contributed by atoms with Crippen LogP contribution in [0.3, 0.4) is 0 Å². The van der Waals surface area contributed by atoms with E-state index in [0.29, 0.717) is 37.1 Å². The van der Waals surface area contributed by atoms with Crippen molar-refractivity contribution < 1.29 is 14.1 Å². The molecule has 1 amide bonds.